The van der Waals surface area contributed by atoms with E-state index in [0.29, 0.717) is 34.7 Å². The van der Waals surface area contributed by atoms with E-state index in [1.54, 1.807) is 36.4 Å². The number of nitrogens with zero attached hydrogens (tertiary/aromatic N) is 3. The lowest BCUT2D eigenvalue weighted by Gasteiger charge is -2.07. The van der Waals surface area contributed by atoms with Crippen molar-refractivity contribution in [2.24, 2.45) is 5.10 Å². The van der Waals surface area contributed by atoms with E-state index in [1.165, 1.54) is 23.0 Å². The first-order chi connectivity index (χ1) is 14.5. The van der Waals surface area contributed by atoms with Gasteiger partial charge in [-0.25, -0.2) is 9.78 Å². The number of benzene rings is 2. The SMILES string of the molecule is CCc1nc2ccc(Br)cc2c(=O)n1N=Cc1ccc(-c2ccc(C(=O)O)cc2)o1. The van der Waals surface area contributed by atoms with Crippen LogP contribution in [0.5, 0.6) is 0 Å². The summed E-state index contributed by atoms with van der Waals surface area (Å²) in [7, 11) is 0. The highest BCUT2D eigenvalue weighted by Crippen LogP contribution is 2.22. The van der Waals surface area contributed by atoms with Crippen LogP contribution in [0.1, 0.15) is 28.9 Å². The Balaban J connectivity index is 1.67. The quantitative estimate of drug-likeness (QED) is 0.435. The van der Waals surface area contributed by atoms with Gasteiger partial charge in [0.05, 0.1) is 22.7 Å². The number of aromatic carboxylic acids is 1. The van der Waals surface area contributed by atoms with Crippen molar-refractivity contribution in [1.29, 1.82) is 0 Å². The molecule has 0 spiro atoms. The number of furan rings is 1. The molecule has 0 radical (unpaired) electrons. The van der Waals surface area contributed by atoms with Gasteiger partial charge in [-0.15, -0.1) is 0 Å². The van der Waals surface area contributed by atoms with Gasteiger partial charge in [-0.1, -0.05) is 35.0 Å². The summed E-state index contributed by atoms with van der Waals surface area (Å²) in [4.78, 5) is 28.4. The maximum atomic E-state index is 12.9. The number of aryl methyl sites for hydroxylation is 1. The first kappa shape index (κ1) is 19.8. The van der Waals surface area contributed by atoms with Crippen LogP contribution in [0.4, 0.5) is 0 Å². The van der Waals surface area contributed by atoms with E-state index in [2.05, 4.69) is 26.0 Å². The van der Waals surface area contributed by atoms with Crippen molar-refractivity contribution in [2.75, 3.05) is 0 Å². The normalized spacial score (nSPS) is 11.4. The zero-order chi connectivity index (χ0) is 21.3. The molecule has 4 rings (SSSR count). The second-order valence-electron chi connectivity index (χ2n) is 6.49. The largest absolute Gasteiger partial charge is 0.478 e. The van der Waals surface area contributed by atoms with Crippen LogP contribution >= 0.6 is 15.9 Å². The van der Waals surface area contributed by atoms with E-state index < -0.39 is 5.97 Å². The number of carbonyl (C=O) groups is 1. The number of hydrogen-bond acceptors (Lipinski definition) is 5. The zero-order valence-corrected chi connectivity index (χ0v) is 17.5. The van der Waals surface area contributed by atoms with Gasteiger partial charge in [0.15, 0.2) is 0 Å². The predicted octanol–water partition coefficient (Wildman–Crippen LogP) is 4.56. The highest BCUT2D eigenvalue weighted by molar-refractivity contribution is 9.10. The average molecular weight is 466 g/mol. The van der Waals surface area contributed by atoms with Crippen molar-refractivity contribution in [2.45, 2.75) is 13.3 Å². The molecule has 0 amide bonds. The third kappa shape index (κ3) is 3.81. The van der Waals surface area contributed by atoms with Crippen LogP contribution < -0.4 is 5.56 Å². The molecule has 0 saturated heterocycles. The number of carboxylic acid groups (broad SMARTS) is 1. The minimum Gasteiger partial charge on any atom is -0.478 e. The van der Waals surface area contributed by atoms with Gasteiger partial charge in [0.1, 0.15) is 17.3 Å². The van der Waals surface area contributed by atoms with Gasteiger partial charge < -0.3 is 9.52 Å². The Labute approximate surface area is 179 Å². The van der Waals surface area contributed by atoms with Gasteiger partial charge in [-0.2, -0.15) is 9.78 Å². The minimum atomic E-state index is -0.984. The lowest BCUT2D eigenvalue weighted by atomic mass is 10.1. The van der Waals surface area contributed by atoms with E-state index in [1.807, 2.05) is 13.0 Å². The van der Waals surface area contributed by atoms with Crippen LogP contribution in [0.15, 0.2) is 73.4 Å². The van der Waals surface area contributed by atoms with Crippen molar-refractivity contribution in [1.82, 2.24) is 9.66 Å². The van der Waals surface area contributed by atoms with Crippen molar-refractivity contribution < 1.29 is 14.3 Å². The molecule has 0 saturated carbocycles. The molecule has 7 nitrogen and oxygen atoms in total. The maximum Gasteiger partial charge on any atom is 0.335 e. The van der Waals surface area contributed by atoms with Crippen molar-refractivity contribution in [3.63, 3.8) is 0 Å². The van der Waals surface area contributed by atoms with Crippen LogP contribution in [0.25, 0.3) is 22.2 Å². The lowest BCUT2D eigenvalue weighted by Crippen LogP contribution is -2.22. The standard InChI is InChI=1S/C22H16BrN3O4/c1-2-20-25-18-9-7-15(23)11-17(18)21(27)26(20)24-12-16-8-10-19(30-16)13-3-5-14(6-4-13)22(28)29/h3-12H,2H2,1H3,(H,28,29). The zero-order valence-electron chi connectivity index (χ0n) is 15.9. The lowest BCUT2D eigenvalue weighted by molar-refractivity contribution is 0.0697. The Morgan fingerprint density at radius 1 is 1.20 bits per heavy atom. The molecule has 0 atom stereocenters. The summed E-state index contributed by atoms with van der Waals surface area (Å²) < 4.78 is 7.84. The molecule has 2 heterocycles. The van der Waals surface area contributed by atoms with Crippen molar-refractivity contribution in [3.8, 4) is 11.3 Å². The van der Waals surface area contributed by atoms with Crippen molar-refractivity contribution >= 4 is 39.0 Å². The van der Waals surface area contributed by atoms with Gasteiger partial charge in [0, 0.05) is 16.5 Å². The van der Waals surface area contributed by atoms with Crippen LogP contribution in [0.3, 0.4) is 0 Å². The molecule has 2 aromatic heterocycles. The highest BCUT2D eigenvalue weighted by Gasteiger charge is 2.10. The van der Waals surface area contributed by atoms with E-state index in [9.17, 15) is 9.59 Å². The molecule has 2 aromatic carbocycles. The second-order valence-corrected chi connectivity index (χ2v) is 7.40. The van der Waals surface area contributed by atoms with Crippen LogP contribution in [0.2, 0.25) is 0 Å². The van der Waals surface area contributed by atoms with Gasteiger partial charge in [-0.05, 0) is 42.5 Å². The molecule has 8 heteroatoms. The smallest absolute Gasteiger partial charge is 0.335 e. The Morgan fingerprint density at radius 2 is 1.97 bits per heavy atom. The molecular weight excluding hydrogens is 450 g/mol. The highest BCUT2D eigenvalue weighted by atomic mass is 79.9. The monoisotopic (exact) mass is 465 g/mol. The predicted molar refractivity (Wildman–Crippen MR) is 117 cm³/mol. The summed E-state index contributed by atoms with van der Waals surface area (Å²) in [6.45, 7) is 1.91. The van der Waals surface area contributed by atoms with Gasteiger partial charge >= 0.3 is 5.97 Å². The second kappa shape index (κ2) is 8.08. The maximum absolute atomic E-state index is 12.9. The number of rotatable bonds is 5. The average Bonchev–Trinajstić information content (AvgIpc) is 3.22. The van der Waals surface area contributed by atoms with E-state index in [-0.39, 0.29) is 11.1 Å². The Bertz CT molecular complexity index is 1340. The first-order valence-corrected chi connectivity index (χ1v) is 9.94. The van der Waals surface area contributed by atoms with Crippen LogP contribution in [0, 0.1) is 0 Å². The number of fused-ring (bicyclic) bond motifs is 1. The number of halogens is 1. The number of hydrogen-bond donors (Lipinski definition) is 1. The molecular formula is C22H16BrN3O4. The molecule has 1 N–H and O–H groups in total. The molecule has 0 aliphatic carbocycles. The molecule has 0 aliphatic rings. The van der Waals surface area contributed by atoms with Crippen LogP contribution in [-0.4, -0.2) is 27.0 Å². The summed E-state index contributed by atoms with van der Waals surface area (Å²) in [6.07, 6.45) is 2.00. The van der Waals surface area contributed by atoms with Crippen LogP contribution in [-0.2, 0) is 6.42 Å². The fourth-order valence-corrected chi connectivity index (χ4v) is 3.37. The summed E-state index contributed by atoms with van der Waals surface area (Å²) in [6, 6.07) is 15.2. The Hall–Kier alpha value is -3.52. The topological polar surface area (TPSA) is 97.7 Å². The van der Waals surface area contributed by atoms with Gasteiger partial charge in [0.25, 0.3) is 5.56 Å². The minimum absolute atomic E-state index is 0.203. The van der Waals surface area contributed by atoms with Gasteiger partial charge in [-0.3, -0.25) is 4.79 Å². The molecule has 0 unspecified atom stereocenters. The van der Waals surface area contributed by atoms with Crippen molar-refractivity contribution in [3.05, 3.63) is 86.6 Å². The fraction of sp³-hybridized carbons (Fsp3) is 0.0909. The number of aromatic nitrogens is 2. The third-order valence-electron chi connectivity index (χ3n) is 4.54. The fourth-order valence-electron chi connectivity index (χ4n) is 3.01. The summed E-state index contributed by atoms with van der Waals surface area (Å²) in [5.41, 5.74) is 1.30. The molecule has 4 aromatic rings. The third-order valence-corrected chi connectivity index (χ3v) is 5.03. The number of carboxylic acids is 1. The first-order valence-electron chi connectivity index (χ1n) is 9.15. The molecule has 0 aliphatic heterocycles. The molecule has 0 fully saturated rings. The molecule has 150 valence electrons. The summed E-state index contributed by atoms with van der Waals surface area (Å²) in [5, 5.41) is 13.8. The summed E-state index contributed by atoms with van der Waals surface area (Å²) >= 11 is 3.38. The van der Waals surface area contributed by atoms with E-state index in [0.717, 1.165) is 10.0 Å². The van der Waals surface area contributed by atoms with Gasteiger partial charge in [0.2, 0.25) is 0 Å². The Kier molecular flexibility index (Phi) is 5.33. The Morgan fingerprint density at radius 3 is 2.67 bits per heavy atom. The van der Waals surface area contributed by atoms with E-state index >= 15 is 0 Å². The molecule has 0 bridgehead atoms. The van der Waals surface area contributed by atoms with E-state index in [4.69, 9.17) is 9.52 Å². The summed E-state index contributed by atoms with van der Waals surface area (Å²) in [5.74, 6) is 0.580. The molecule has 30 heavy (non-hydrogen) atoms.